The number of amides is 2. The van der Waals surface area contributed by atoms with E-state index in [1.165, 1.54) is 11.3 Å². The van der Waals surface area contributed by atoms with Crippen molar-refractivity contribution in [3.63, 3.8) is 0 Å². The second-order valence-corrected chi connectivity index (χ2v) is 7.62. The molecule has 126 valence electrons. The quantitative estimate of drug-likeness (QED) is 0.763. The number of benzene rings is 1. The van der Waals surface area contributed by atoms with Crippen LogP contribution in [0.1, 0.15) is 20.0 Å². The van der Waals surface area contributed by atoms with Gasteiger partial charge in [-0.3, -0.25) is 20.4 Å². The molecule has 6 nitrogen and oxygen atoms in total. The smallest absolute Gasteiger partial charge is 0.279 e. The monoisotopic (exact) mass is 409 g/mol. The number of carbonyl (C=O) groups excluding carboxylic acids is 2. The molecule has 0 unspecified atom stereocenters. The molecule has 0 radical (unpaired) electrons. The molecule has 8 heteroatoms. The molecule has 1 fully saturated rings. The van der Waals surface area contributed by atoms with Crippen LogP contribution < -0.4 is 15.8 Å². The topological polar surface area (TPSA) is 70.7 Å². The summed E-state index contributed by atoms with van der Waals surface area (Å²) in [5.74, 6) is -0.698. The molecule has 1 aromatic heterocycles. The summed E-state index contributed by atoms with van der Waals surface area (Å²) < 4.78 is 6.19. The number of hydrogen-bond donors (Lipinski definition) is 2. The van der Waals surface area contributed by atoms with Crippen LogP contribution in [0.15, 0.2) is 40.2 Å². The Morgan fingerprint density at radius 2 is 1.67 bits per heavy atom. The lowest BCUT2D eigenvalue weighted by atomic mass is 10.2. The molecule has 24 heavy (non-hydrogen) atoms. The highest BCUT2D eigenvalue weighted by Crippen LogP contribution is 2.21. The molecule has 1 saturated heterocycles. The van der Waals surface area contributed by atoms with Crippen molar-refractivity contribution in [2.75, 3.05) is 31.2 Å². The van der Waals surface area contributed by atoms with Crippen LogP contribution in [0.2, 0.25) is 0 Å². The van der Waals surface area contributed by atoms with Gasteiger partial charge in [0.2, 0.25) is 0 Å². The van der Waals surface area contributed by atoms with Gasteiger partial charge in [0.25, 0.3) is 11.8 Å². The third-order valence-electron chi connectivity index (χ3n) is 3.59. The Balaban J connectivity index is 1.55. The standard InChI is InChI=1S/C16H16BrN3O3S/c17-14-6-5-13(24-14)16(22)19-18-15(21)11-1-3-12(4-2-11)20-7-9-23-10-8-20/h1-6H,7-10H2,(H,18,21)(H,19,22). The zero-order chi connectivity index (χ0) is 16.9. The maximum Gasteiger partial charge on any atom is 0.279 e. The second kappa shape index (κ2) is 7.78. The SMILES string of the molecule is O=C(NNC(=O)c1ccc(Br)s1)c1ccc(N2CCOCC2)cc1. The average molecular weight is 410 g/mol. The summed E-state index contributed by atoms with van der Waals surface area (Å²) in [7, 11) is 0. The van der Waals surface area contributed by atoms with Gasteiger partial charge < -0.3 is 9.64 Å². The summed E-state index contributed by atoms with van der Waals surface area (Å²) in [4.78, 5) is 26.7. The summed E-state index contributed by atoms with van der Waals surface area (Å²) in [6.07, 6.45) is 0. The molecular formula is C16H16BrN3O3S. The van der Waals surface area contributed by atoms with Crippen LogP contribution in [0, 0.1) is 0 Å². The highest BCUT2D eigenvalue weighted by atomic mass is 79.9. The van der Waals surface area contributed by atoms with E-state index in [4.69, 9.17) is 4.74 Å². The number of hydrogen-bond acceptors (Lipinski definition) is 5. The maximum absolute atomic E-state index is 12.1. The molecular weight excluding hydrogens is 394 g/mol. The number of nitrogens with zero attached hydrogens (tertiary/aromatic N) is 1. The lowest BCUT2D eigenvalue weighted by Crippen LogP contribution is -2.41. The molecule has 0 atom stereocenters. The number of nitrogens with one attached hydrogen (secondary N) is 2. The Morgan fingerprint density at radius 1 is 1.00 bits per heavy atom. The average Bonchev–Trinajstić information content (AvgIpc) is 3.07. The van der Waals surface area contributed by atoms with Gasteiger partial charge in [-0.2, -0.15) is 0 Å². The zero-order valence-corrected chi connectivity index (χ0v) is 15.2. The Morgan fingerprint density at radius 3 is 2.29 bits per heavy atom. The van der Waals surface area contributed by atoms with Crippen molar-refractivity contribution in [1.82, 2.24) is 10.9 Å². The largest absolute Gasteiger partial charge is 0.378 e. The van der Waals surface area contributed by atoms with E-state index in [9.17, 15) is 9.59 Å². The van der Waals surface area contributed by atoms with E-state index in [2.05, 4.69) is 31.7 Å². The van der Waals surface area contributed by atoms with Crippen molar-refractivity contribution in [2.24, 2.45) is 0 Å². The van der Waals surface area contributed by atoms with Gasteiger partial charge in [0.05, 0.1) is 21.9 Å². The molecule has 0 bridgehead atoms. The molecule has 3 rings (SSSR count). The first-order valence-electron chi connectivity index (χ1n) is 7.42. The molecule has 2 aromatic rings. The minimum absolute atomic E-state index is 0.344. The third-order valence-corrected chi connectivity index (χ3v) is 5.21. The van der Waals surface area contributed by atoms with E-state index in [1.54, 1.807) is 24.3 Å². The second-order valence-electron chi connectivity index (χ2n) is 5.16. The van der Waals surface area contributed by atoms with E-state index in [-0.39, 0.29) is 11.8 Å². The molecule has 1 aliphatic rings. The van der Waals surface area contributed by atoms with Gasteiger partial charge in [0.1, 0.15) is 0 Å². The normalized spacial score (nSPS) is 14.3. The summed E-state index contributed by atoms with van der Waals surface area (Å²) in [5, 5.41) is 0. The molecule has 0 aliphatic carbocycles. The predicted octanol–water partition coefficient (Wildman–Crippen LogP) is 2.42. The number of halogens is 1. The third kappa shape index (κ3) is 4.14. The van der Waals surface area contributed by atoms with Gasteiger partial charge in [-0.25, -0.2) is 0 Å². The van der Waals surface area contributed by atoms with Crippen LogP contribution in [0.25, 0.3) is 0 Å². The maximum atomic E-state index is 12.1. The predicted molar refractivity (Wildman–Crippen MR) is 96.4 cm³/mol. The van der Waals surface area contributed by atoms with Crippen molar-refractivity contribution in [2.45, 2.75) is 0 Å². The molecule has 2 heterocycles. The fraction of sp³-hybridized carbons (Fsp3) is 0.250. The fourth-order valence-electron chi connectivity index (χ4n) is 2.33. The van der Waals surface area contributed by atoms with Crippen LogP contribution in [-0.4, -0.2) is 38.1 Å². The molecule has 2 amide bonds. The van der Waals surface area contributed by atoms with Crippen molar-refractivity contribution >= 4 is 44.8 Å². The lowest BCUT2D eigenvalue weighted by molar-refractivity contribution is 0.0849. The minimum atomic E-state index is -0.354. The number of ether oxygens (including phenoxy) is 1. The number of carbonyl (C=O) groups is 2. The first-order valence-corrected chi connectivity index (χ1v) is 9.03. The summed E-state index contributed by atoms with van der Waals surface area (Å²) in [6, 6.07) is 10.8. The number of thiophene rings is 1. The van der Waals surface area contributed by atoms with Crippen LogP contribution in [0.3, 0.4) is 0 Å². The van der Waals surface area contributed by atoms with Crippen LogP contribution in [-0.2, 0) is 4.74 Å². The van der Waals surface area contributed by atoms with Crippen LogP contribution >= 0.6 is 27.3 Å². The Kier molecular flexibility index (Phi) is 5.49. The van der Waals surface area contributed by atoms with Crippen molar-refractivity contribution in [1.29, 1.82) is 0 Å². The lowest BCUT2D eigenvalue weighted by Gasteiger charge is -2.28. The van der Waals surface area contributed by atoms with E-state index in [0.717, 1.165) is 22.6 Å². The highest BCUT2D eigenvalue weighted by Gasteiger charge is 2.13. The molecule has 2 N–H and O–H groups in total. The summed E-state index contributed by atoms with van der Waals surface area (Å²) in [5.41, 5.74) is 6.38. The first-order chi connectivity index (χ1) is 11.6. The minimum Gasteiger partial charge on any atom is -0.378 e. The molecule has 0 saturated carbocycles. The van der Waals surface area contributed by atoms with E-state index < -0.39 is 0 Å². The Labute approximate surface area is 151 Å². The number of morpholine rings is 1. The van der Waals surface area contributed by atoms with Crippen molar-refractivity contribution in [3.05, 3.63) is 50.6 Å². The van der Waals surface area contributed by atoms with E-state index in [0.29, 0.717) is 23.7 Å². The molecule has 1 aromatic carbocycles. The van der Waals surface area contributed by atoms with Gasteiger partial charge in [0.15, 0.2) is 0 Å². The number of hydrazine groups is 1. The van der Waals surface area contributed by atoms with Crippen molar-refractivity contribution < 1.29 is 14.3 Å². The number of anilines is 1. The molecule has 1 aliphatic heterocycles. The zero-order valence-electron chi connectivity index (χ0n) is 12.8. The van der Waals surface area contributed by atoms with Gasteiger partial charge in [-0.15, -0.1) is 11.3 Å². The summed E-state index contributed by atoms with van der Waals surface area (Å²) in [6.45, 7) is 3.12. The van der Waals surface area contributed by atoms with Gasteiger partial charge in [-0.05, 0) is 52.3 Å². The Hall–Kier alpha value is -1.90. The van der Waals surface area contributed by atoms with Gasteiger partial charge >= 0.3 is 0 Å². The van der Waals surface area contributed by atoms with Crippen LogP contribution in [0.5, 0.6) is 0 Å². The van der Waals surface area contributed by atoms with Gasteiger partial charge in [-0.1, -0.05) is 0 Å². The summed E-state index contributed by atoms with van der Waals surface area (Å²) >= 11 is 4.59. The van der Waals surface area contributed by atoms with E-state index in [1.807, 2.05) is 12.1 Å². The highest BCUT2D eigenvalue weighted by molar-refractivity contribution is 9.11. The Bertz CT molecular complexity index is 726. The van der Waals surface area contributed by atoms with Gasteiger partial charge in [0, 0.05) is 24.3 Å². The number of rotatable bonds is 3. The fourth-order valence-corrected chi connectivity index (χ4v) is 3.61. The first kappa shape index (κ1) is 16.9. The molecule has 0 spiro atoms. The van der Waals surface area contributed by atoms with Crippen LogP contribution in [0.4, 0.5) is 5.69 Å². The van der Waals surface area contributed by atoms with E-state index >= 15 is 0 Å². The van der Waals surface area contributed by atoms with Crippen molar-refractivity contribution in [3.8, 4) is 0 Å².